The van der Waals surface area contributed by atoms with E-state index in [9.17, 15) is 9.59 Å². The van der Waals surface area contributed by atoms with Gasteiger partial charge in [-0.05, 0) is 26.8 Å². The first-order valence-corrected chi connectivity index (χ1v) is 5.79. The average Bonchev–Trinajstić information content (AvgIpc) is 2.69. The summed E-state index contributed by atoms with van der Waals surface area (Å²) >= 11 is 0. The zero-order valence-electron chi connectivity index (χ0n) is 9.90. The number of carbonyl (C=O) groups excluding carboxylic acids is 1. The third-order valence-electron chi connectivity index (χ3n) is 3.04. The average molecular weight is 228 g/mol. The fourth-order valence-corrected chi connectivity index (χ4v) is 2.15. The second kappa shape index (κ2) is 5.84. The summed E-state index contributed by atoms with van der Waals surface area (Å²) in [5.41, 5.74) is 0. The molecular weight excluding hydrogens is 208 g/mol. The minimum Gasteiger partial charge on any atom is -0.481 e. The summed E-state index contributed by atoms with van der Waals surface area (Å²) in [6.45, 7) is 5.84. The summed E-state index contributed by atoms with van der Waals surface area (Å²) in [6, 6.07) is -0.226. The van der Waals surface area contributed by atoms with Gasteiger partial charge in [0.1, 0.15) is 0 Å². The standard InChI is InChI=1S/C11H20N2O3/c1-3-13(8(2)6-10(14)15)11(16)9-4-5-12-7-9/h8-9,12H,3-7H2,1-2H3,(H,14,15). The highest BCUT2D eigenvalue weighted by Crippen LogP contribution is 2.15. The van der Waals surface area contributed by atoms with Crippen LogP contribution >= 0.6 is 0 Å². The van der Waals surface area contributed by atoms with E-state index >= 15 is 0 Å². The lowest BCUT2D eigenvalue weighted by Crippen LogP contribution is -2.43. The van der Waals surface area contributed by atoms with E-state index in [-0.39, 0.29) is 24.3 Å². The molecule has 5 heteroatoms. The van der Waals surface area contributed by atoms with E-state index in [0.717, 1.165) is 19.5 Å². The molecule has 1 aliphatic heterocycles. The number of nitrogens with one attached hydrogen (secondary N) is 1. The predicted molar refractivity (Wildman–Crippen MR) is 60.1 cm³/mol. The van der Waals surface area contributed by atoms with Gasteiger partial charge in [0.2, 0.25) is 5.91 Å². The van der Waals surface area contributed by atoms with E-state index in [4.69, 9.17) is 5.11 Å². The molecule has 2 unspecified atom stereocenters. The van der Waals surface area contributed by atoms with Crippen molar-refractivity contribution in [3.63, 3.8) is 0 Å². The van der Waals surface area contributed by atoms with Gasteiger partial charge in [-0.15, -0.1) is 0 Å². The SMILES string of the molecule is CCN(C(=O)C1CCNC1)C(C)CC(=O)O. The zero-order chi connectivity index (χ0) is 12.1. The molecule has 1 saturated heterocycles. The van der Waals surface area contributed by atoms with E-state index in [1.807, 2.05) is 6.92 Å². The van der Waals surface area contributed by atoms with Crippen LogP contribution in [0.5, 0.6) is 0 Å². The molecule has 16 heavy (non-hydrogen) atoms. The van der Waals surface area contributed by atoms with Gasteiger partial charge in [0, 0.05) is 19.1 Å². The number of rotatable bonds is 5. The van der Waals surface area contributed by atoms with Crippen molar-refractivity contribution >= 4 is 11.9 Å². The summed E-state index contributed by atoms with van der Waals surface area (Å²) in [5.74, 6) is -0.749. The quantitative estimate of drug-likeness (QED) is 0.710. The van der Waals surface area contributed by atoms with Crippen molar-refractivity contribution in [3.05, 3.63) is 0 Å². The second-order valence-corrected chi connectivity index (χ2v) is 4.26. The van der Waals surface area contributed by atoms with Gasteiger partial charge in [-0.2, -0.15) is 0 Å². The minimum atomic E-state index is -0.858. The van der Waals surface area contributed by atoms with Gasteiger partial charge in [0.25, 0.3) is 0 Å². The molecule has 0 bridgehead atoms. The molecule has 1 rings (SSSR count). The first-order chi connectivity index (χ1) is 7.56. The molecule has 2 atom stereocenters. The van der Waals surface area contributed by atoms with Crippen molar-refractivity contribution in [2.24, 2.45) is 5.92 Å². The van der Waals surface area contributed by atoms with E-state index in [0.29, 0.717) is 6.54 Å². The van der Waals surface area contributed by atoms with E-state index in [1.54, 1.807) is 11.8 Å². The molecule has 5 nitrogen and oxygen atoms in total. The number of aliphatic carboxylic acids is 1. The Balaban J connectivity index is 2.57. The number of carboxylic acids is 1. The van der Waals surface area contributed by atoms with Gasteiger partial charge < -0.3 is 15.3 Å². The van der Waals surface area contributed by atoms with Crippen LogP contribution in [-0.2, 0) is 9.59 Å². The maximum atomic E-state index is 12.1. The summed E-state index contributed by atoms with van der Waals surface area (Å²) < 4.78 is 0. The number of hydrogen-bond acceptors (Lipinski definition) is 3. The number of carboxylic acid groups (broad SMARTS) is 1. The Bertz CT molecular complexity index is 262. The van der Waals surface area contributed by atoms with Gasteiger partial charge in [0.15, 0.2) is 0 Å². The monoisotopic (exact) mass is 228 g/mol. The number of amides is 1. The Kier molecular flexibility index (Phi) is 4.73. The van der Waals surface area contributed by atoms with E-state index < -0.39 is 5.97 Å². The van der Waals surface area contributed by atoms with Crippen LogP contribution in [0.15, 0.2) is 0 Å². The highest BCUT2D eigenvalue weighted by molar-refractivity contribution is 5.80. The van der Waals surface area contributed by atoms with Crippen LogP contribution in [0, 0.1) is 5.92 Å². The lowest BCUT2D eigenvalue weighted by atomic mass is 10.1. The van der Waals surface area contributed by atoms with Crippen LogP contribution in [0.4, 0.5) is 0 Å². The van der Waals surface area contributed by atoms with Crippen molar-refractivity contribution in [2.45, 2.75) is 32.7 Å². The third kappa shape index (κ3) is 3.20. The highest BCUT2D eigenvalue weighted by atomic mass is 16.4. The van der Waals surface area contributed by atoms with Crippen LogP contribution in [0.25, 0.3) is 0 Å². The molecule has 0 aromatic carbocycles. The molecule has 0 aliphatic carbocycles. The first kappa shape index (κ1) is 13.0. The van der Waals surface area contributed by atoms with E-state index in [2.05, 4.69) is 5.32 Å². The van der Waals surface area contributed by atoms with Gasteiger partial charge in [-0.3, -0.25) is 9.59 Å². The minimum absolute atomic E-state index is 0.0136. The fourth-order valence-electron chi connectivity index (χ4n) is 2.15. The Labute approximate surface area is 95.8 Å². The lowest BCUT2D eigenvalue weighted by molar-refractivity contribution is -0.141. The molecule has 1 heterocycles. The van der Waals surface area contributed by atoms with Gasteiger partial charge in [-0.1, -0.05) is 0 Å². The number of nitrogens with zero attached hydrogens (tertiary/aromatic N) is 1. The van der Waals surface area contributed by atoms with Crippen LogP contribution in [0.3, 0.4) is 0 Å². The van der Waals surface area contributed by atoms with Gasteiger partial charge in [0.05, 0.1) is 12.3 Å². The molecule has 0 aromatic rings. The third-order valence-corrected chi connectivity index (χ3v) is 3.04. The zero-order valence-corrected chi connectivity index (χ0v) is 9.90. The Morgan fingerprint density at radius 1 is 1.56 bits per heavy atom. The molecular formula is C11H20N2O3. The maximum Gasteiger partial charge on any atom is 0.305 e. The molecule has 1 amide bonds. The fraction of sp³-hybridized carbons (Fsp3) is 0.818. The largest absolute Gasteiger partial charge is 0.481 e. The molecule has 2 N–H and O–H groups in total. The van der Waals surface area contributed by atoms with Crippen molar-refractivity contribution in [1.29, 1.82) is 0 Å². The number of carbonyl (C=O) groups is 2. The van der Waals surface area contributed by atoms with Crippen molar-refractivity contribution in [2.75, 3.05) is 19.6 Å². The molecule has 1 aliphatic rings. The van der Waals surface area contributed by atoms with Crippen LogP contribution < -0.4 is 5.32 Å². The van der Waals surface area contributed by atoms with Gasteiger partial charge >= 0.3 is 5.97 Å². The molecule has 92 valence electrons. The first-order valence-electron chi connectivity index (χ1n) is 5.79. The normalized spacial score (nSPS) is 21.8. The van der Waals surface area contributed by atoms with E-state index in [1.165, 1.54) is 0 Å². The van der Waals surface area contributed by atoms with Crippen LogP contribution in [0.2, 0.25) is 0 Å². The molecule has 0 aromatic heterocycles. The Hall–Kier alpha value is -1.10. The smallest absolute Gasteiger partial charge is 0.305 e. The molecule has 0 spiro atoms. The highest BCUT2D eigenvalue weighted by Gasteiger charge is 2.29. The Morgan fingerprint density at radius 2 is 2.25 bits per heavy atom. The molecule has 1 fully saturated rings. The van der Waals surface area contributed by atoms with Gasteiger partial charge in [-0.25, -0.2) is 0 Å². The second-order valence-electron chi connectivity index (χ2n) is 4.26. The molecule has 0 radical (unpaired) electrons. The van der Waals surface area contributed by atoms with Crippen molar-refractivity contribution in [1.82, 2.24) is 10.2 Å². The summed E-state index contributed by atoms with van der Waals surface area (Å²) in [5, 5.41) is 11.9. The Morgan fingerprint density at radius 3 is 2.69 bits per heavy atom. The van der Waals surface area contributed by atoms with Crippen molar-refractivity contribution < 1.29 is 14.7 Å². The maximum absolute atomic E-state index is 12.1. The molecule has 0 saturated carbocycles. The van der Waals surface area contributed by atoms with Crippen LogP contribution in [0.1, 0.15) is 26.7 Å². The lowest BCUT2D eigenvalue weighted by Gasteiger charge is -2.29. The summed E-state index contributed by atoms with van der Waals surface area (Å²) in [7, 11) is 0. The predicted octanol–water partition coefficient (Wildman–Crippen LogP) is 0.308. The summed E-state index contributed by atoms with van der Waals surface area (Å²) in [4.78, 5) is 24.4. The summed E-state index contributed by atoms with van der Waals surface area (Å²) in [6.07, 6.45) is 0.870. The van der Waals surface area contributed by atoms with Crippen LogP contribution in [-0.4, -0.2) is 47.6 Å². The topological polar surface area (TPSA) is 69.6 Å². The number of hydrogen-bond donors (Lipinski definition) is 2. The van der Waals surface area contributed by atoms with Crippen molar-refractivity contribution in [3.8, 4) is 0 Å².